The van der Waals surface area contributed by atoms with Gasteiger partial charge in [0.15, 0.2) is 0 Å². The Kier molecular flexibility index (Phi) is 8.82. The summed E-state index contributed by atoms with van der Waals surface area (Å²) in [5.41, 5.74) is 25.6. The predicted octanol–water partition coefficient (Wildman–Crippen LogP) is 13.3. The molecule has 2 heterocycles. The van der Waals surface area contributed by atoms with Crippen LogP contribution in [0, 0.1) is 0 Å². The molecule has 300 valence electrons. The second-order valence-electron chi connectivity index (χ2n) is 16.8. The molecule has 0 aromatic heterocycles. The van der Waals surface area contributed by atoms with Crippen molar-refractivity contribution < 1.29 is 0 Å². The van der Waals surface area contributed by atoms with Gasteiger partial charge < -0.3 is 16.0 Å². The number of fused-ring (bicyclic) bond motifs is 10. The zero-order valence-electron chi connectivity index (χ0n) is 34.6. The van der Waals surface area contributed by atoms with Gasteiger partial charge in [0, 0.05) is 11.9 Å². The highest BCUT2D eigenvalue weighted by atomic mass is 15.2. The summed E-state index contributed by atoms with van der Waals surface area (Å²) < 4.78 is 0. The number of hydrogen-bond donors (Lipinski definition) is 3. The Morgan fingerprint density at radius 2 is 1.05 bits per heavy atom. The summed E-state index contributed by atoms with van der Waals surface area (Å²) in [5.74, 6) is 0. The summed E-state index contributed by atoms with van der Waals surface area (Å²) in [6.45, 7) is 0. The van der Waals surface area contributed by atoms with Gasteiger partial charge in [-0.2, -0.15) is 0 Å². The molecule has 2 unspecified atom stereocenters. The molecule has 1 spiro atoms. The summed E-state index contributed by atoms with van der Waals surface area (Å²) in [4.78, 5) is 2.44. The van der Waals surface area contributed by atoms with Gasteiger partial charge in [-0.1, -0.05) is 170 Å². The molecule has 4 heteroatoms. The highest BCUT2D eigenvalue weighted by molar-refractivity contribution is 6.00. The molecule has 9 aromatic rings. The van der Waals surface area contributed by atoms with Crippen LogP contribution in [-0.4, -0.2) is 6.17 Å². The molecule has 2 aliphatic heterocycles. The van der Waals surface area contributed by atoms with E-state index in [4.69, 9.17) is 5.73 Å². The summed E-state index contributed by atoms with van der Waals surface area (Å²) in [6.07, 6.45) is 3.71. The van der Waals surface area contributed by atoms with E-state index in [-0.39, 0.29) is 6.17 Å². The molecule has 0 radical (unpaired) electrons. The third-order valence-electron chi connectivity index (χ3n) is 13.3. The van der Waals surface area contributed by atoms with Crippen LogP contribution >= 0.6 is 0 Å². The Morgan fingerprint density at radius 3 is 1.76 bits per heavy atom. The molecule has 0 saturated heterocycles. The number of dihydropyridines is 1. The lowest BCUT2D eigenvalue weighted by Crippen LogP contribution is -2.46. The van der Waals surface area contributed by atoms with Crippen LogP contribution in [0.15, 0.2) is 231 Å². The number of nitrogens with two attached hydrogens (primary N) is 1. The third kappa shape index (κ3) is 5.99. The van der Waals surface area contributed by atoms with Crippen molar-refractivity contribution in [2.45, 2.75) is 17.7 Å². The number of nitrogens with zero attached hydrogens (tertiary/aromatic N) is 1. The molecule has 63 heavy (non-hydrogen) atoms. The lowest BCUT2D eigenvalue weighted by molar-refractivity contribution is 0.475. The largest absolute Gasteiger partial charge is 0.371 e. The van der Waals surface area contributed by atoms with Crippen molar-refractivity contribution in [3.05, 3.63) is 270 Å². The molecule has 2 atom stereocenters. The maximum Gasteiger partial charge on any atom is 0.105 e. The van der Waals surface area contributed by atoms with E-state index in [0.717, 1.165) is 44.7 Å². The van der Waals surface area contributed by atoms with Crippen molar-refractivity contribution >= 4 is 39.0 Å². The zero-order valence-corrected chi connectivity index (χ0v) is 34.6. The van der Waals surface area contributed by atoms with Crippen LogP contribution in [0.3, 0.4) is 0 Å². The third-order valence-corrected chi connectivity index (χ3v) is 13.3. The van der Waals surface area contributed by atoms with Crippen LogP contribution in [0.5, 0.6) is 0 Å². The Hall–Kier alpha value is -7.76. The molecule has 3 aliphatic rings. The molecule has 4 N–H and O–H groups in total. The second kappa shape index (κ2) is 15.0. The summed E-state index contributed by atoms with van der Waals surface area (Å²) >= 11 is 0. The van der Waals surface area contributed by atoms with Gasteiger partial charge in [0.1, 0.15) is 6.17 Å². The minimum absolute atomic E-state index is 0.200. The van der Waals surface area contributed by atoms with Crippen LogP contribution < -0.4 is 21.3 Å². The van der Waals surface area contributed by atoms with Gasteiger partial charge in [-0.3, -0.25) is 5.32 Å². The lowest BCUT2D eigenvalue weighted by Gasteiger charge is -2.45. The van der Waals surface area contributed by atoms with E-state index in [1.165, 1.54) is 55.5 Å². The van der Waals surface area contributed by atoms with E-state index in [1.807, 2.05) is 0 Å². The smallest absolute Gasteiger partial charge is 0.105 e. The average Bonchev–Trinajstić information content (AvgIpc) is 3.63. The van der Waals surface area contributed by atoms with Crippen molar-refractivity contribution in [3.63, 3.8) is 0 Å². The minimum Gasteiger partial charge on any atom is -0.371 e. The fourth-order valence-electron chi connectivity index (χ4n) is 10.4. The van der Waals surface area contributed by atoms with Crippen molar-refractivity contribution in [1.29, 1.82) is 0 Å². The van der Waals surface area contributed by atoms with E-state index in [9.17, 15) is 0 Å². The van der Waals surface area contributed by atoms with Crippen LogP contribution in [0.1, 0.15) is 45.1 Å². The molecule has 0 bridgehead atoms. The Bertz CT molecular complexity index is 3210. The van der Waals surface area contributed by atoms with Gasteiger partial charge in [-0.25, -0.2) is 0 Å². The lowest BCUT2D eigenvalue weighted by atomic mass is 9.64. The van der Waals surface area contributed by atoms with E-state index < -0.39 is 11.6 Å². The Morgan fingerprint density at radius 1 is 0.476 bits per heavy atom. The highest BCUT2D eigenvalue weighted by Crippen LogP contribution is 2.64. The molecule has 0 saturated carbocycles. The van der Waals surface area contributed by atoms with Crippen molar-refractivity contribution in [2.24, 2.45) is 5.73 Å². The molecule has 4 nitrogen and oxygen atoms in total. The molecular formula is C59H44N4. The first-order chi connectivity index (χ1) is 31.1. The van der Waals surface area contributed by atoms with Crippen LogP contribution in [-0.2, 0) is 5.41 Å². The zero-order chi connectivity index (χ0) is 41.9. The summed E-state index contributed by atoms with van der Waals surface area (Å²) in [5, 5.41) is 9.87. The second-order valence-corrected chi connectivity index (χ2v) is 16.8. The van der Waals surface area contributed by atoms with Gasteiger partial charge in [0.25, 0.3) is 0 Å². The fraction of sp³-hybridized carbons (Fsp3) is 0.0508. The first-order valence-electron chi connectivity index (χ1n) is 21.8. The van der Waals surface area contributed by atoms with Gasteiger partial charge >= 0.3 is 0 Å². The Balaban J connectivity index is 0.975. The number of anilines is 3. The molecule has 1 aliphatic carbocycles. The normalized spacial score (nSPS) is 16.0. The van der Waals surface area contributed by atoms with Crippen molar-refractivity contribution in [1.82, 2.24) is 10.6 Å². The number of nitrogens with one attached hydrogen (secondary N) is 2. The number of para-hydroxylation sites is 3. The average molecular weight is 809 g/mol. The van der Waals surface area contributed by atoms with E-state index in [0.29, 0.717) is 0 Å². The van der Waals surface area contributed by atoms with E-state index >= 15 is 0 Å². The van der Waals surface area contributed by atoms with Gasteiger partial charge in [0.2, 0.25) is 0 Å². The van der Waals surface area contributed by atoms with Crippen LogP contribution in [0.2, 0.25) is 0 Å². The van der Waals surface area contributed by atoms with E-state index in [1.54, 1.807) is 0 Å². The monoisotopic (exact) mass is 808 g/mol. The first kappa shape index (κ1) is 37.0. The molecule has 12 rings (SSSR count). The quantitative estimate of drug-likeness (QED) is 0.140. The molecular weight excluding hydrogens is 765 g/mol. The van der Waals surface area contributed by atoms with E-state index in [2.05, 4.69) is 246 Å². The topological polar surface area (TPSA) is 53.3 Å². The maximum absolute atomic E-state index is 7.13. The van der Waals surface area contributed by atoms with Gasteiger partial charge in [-0.15, -0.1) is 0 Å². The van der Waals surface area contributed by atoms with Gasteiger partial charge in [-0.05, 0) is 138 Å². The van der Waals surface area contributed by atoms with Crippen LogP contribution in [0.4, 0.5) is 17.1 Å². The summed E-state index contributed by atoms with van der Waals surface area (Å²) in [6, 6.07) is 79.3. The Labute approximate surface area is 368 Å². The molecule has 0 amide bonds. The maximum atomic E-state index is 7.13. The van der Waals surface area contributed by atoms with Crippen LogP contribution in [0.25, 0.3) is 44.2 Å². The fourth-order valence-corrected chi connectivity index (χ4v) is 10.4. The van der Waals surface area contributed by atoms with Crippen molar-refractivity contribution in [2.75, 3.05) is 4.90 Å². The number of rotatable bonds is 7. The van der Waals surface area contributed by atoms with Gasteiger partial charge in [0.05, 0.1) is 23.0 Å². The SMILES string of the molecule is NC(NC1NC=C(c2ccccc2)C=C1c1ccccc1)c1cccc(-c2ccc3c(c2)C2(c4cc5ccccc5cc4-3)c3ccccc3N(c3ccccc3)c3ccccc32)c1. The molecule has 0 fully saturated rings. The standard InChI is InChI=1S/C59H44N4/c60-57(62-58-49(40-19-6-2-7-20-40)35-46(38-61-58)39-17-4-1-5-18-39)45-24-16-23-41(33-45)44-31-32-48-50-34-42-21-10-11-22-43(42)36-54(50)59(53(48)37-44)51-27-12-14-29-55(51)63(47-25-8-3-9-26-47)56-30-15-13-28-52(56)59/h1-38,57-58,61-62H,60H2. The number of benzene rings is 9. The molecule has 9 aromatic carbocycles. The minimum atomic E-state index is -0.572. The first-order valence-corrected chi connectivity index (χ1v) is 21.8. The van der Waals surface area contributed by atoms with Crippen molar-refractivity contribution in [3.8, 4) is 22.3 Å². The summed E-state index contributed by atoms with van der Waals surface area (Å²) in [7, 11) is 0. The number of allylic oxidation sites excluding steroid dienone is 2. The predicted molar refractivity (Wildman–Crippen MR) is 261 cm³/mol. The number of hydrogen-bond acceptors (Lipinski definition) is 4. The highest BCUT2D eigenvalue weighted by Gasteiger charge is 2.52.